The molecular formula is C14H17N7OS. The molecule has 2 aromatic heterocycles. The predicted molar refractivity (Wildman–Crippen MR) is 85.4 cm³/mol. The Balaban J connectivity index is 1.69. The average molecular weight is 331 g/mol. The number of aryl methyl sites for hydroxylation is 2. The van der Waals surface area contributed by atoms with E-state index in [0.29, 0.717) is 44.0 Å². The summed E-state index contributed by atoms with van der Waals surface area (Å²) in [6.45, 7) is 6.99. The summed E-state index contributed by atoms with van der Waals surface area (Å²) in [5.41, 5.74) is 1.93. The van der Waals surface area contributed by atoms with Crippen LogP contribution in [0, 0.1) is 18.3 Å². The molecule has 0 aliphatic carbocycles. The minimum absolute atomic E-state index is 0.0440. The van der Waals surface area contributed by atoms with Crippen molar-refractivity contribution in [2.45, 2.75) is 20.4 Å². The second-order valence-corrected chi connectivity index (χ2v) is 6.03. The smallest absolute Gasteiger partial charge is 0.273 e. The summed E-state index contributed by atoms with van der Waals surface area (Å²) in [5.74, 6) is -0.0440. The number of hydrogen-bond donors (Lipinski definition) is 0. The van der Waals surface area contributed by atoms with E-state index in [1.54, 1.807) is 9.58 Å². The summed E-state index contributed by atoms with van der Waals surface area (Å²) in [7, 11) is 0. The molecule has 1 aliphatic rings. The number of hydrogen-bond acceptors (Lipinski definition) is 7. The summed E-state index contributed by atoms with van der Waals surface area (Å²) in [6.07, 6.45) is 1.51. The molecule has 0 bridgehead atoms. The average Bonchev–Trinajstić information content (AvgIpc) is 3.20. The highest BCUT2D eigenvalue weighted by Crippen LogP contribution is 2.28. The van der Waals surface area contributed by atoms with Crippen LogP contribution in [0.3, 0.4) is 0 Å². The van der Waals surface area contributed by atoms with E-state index in [1.165, 1.54) is 17.7 Å². The van der Waals surface area contributed by atoms with Gasteiger partial charge in [-0.1, -0.05) is 5.21 Å². The standard InChI is InChI=1S/C14H17N7OS/c1-3-21-12(9-16-18-21)13(22)19-4-6-20(7-5-19)14-11(8-15)10(2)17-23-14/h9H,3-7H2,1-2H3. The number of anilines is 1. The molecule has 0 saturated carbocycles. The Kier molecular flexibility index (Phi) is 4.25. The third kappa shape index (κ3) is 2.77. The van der Waals surface area contributed by atoms with Crippen LogP contribution in [0.1, 0.15) is 28.7 Å². The zero-order valence-corrected chi connectivity index (χ0v) is 13.9. The maximum atomic E-state index is 12.6. The van der Waals surface area contributed by atoms with Crippen LogP contribution < -0.4 is 4.90 Å². The van der Waals surface area contributed by atoms with Gasteiger partial charge in [0.2, 0.25) is 0 Å². The van der Waals surface area contributed by atoms with Gasteiger partial charge in [-0.3, -0.25) is 4.79 Å². The number of piperazine rings is 1. The van der Waals surface area contributed by atoms with Crippen LogP contribution in [0.25, 0.3) is 0 Å². The zero-order valence-electron chi connectivity index (χ0n) is 13.1. The van der Waals surface area contributed by atoms with Crippen LogP contribution in [0.5, 0.6) is 0 Å². The van der Waals surface area contributed by atoms with Gasteiger partial charge in [0.15, 0.2) is 0 Å². The first-order valence-corrected chi connectivity index (χ1v) is 8.22. The van der Waals surface area contributed by atoms with Gasteiger partial charge in [0.05, 0.1) is 11.9 Å². The molecule has 120 valence electrons. The lowest BCUT2D eigenvalue weighted by atomic mass is 10.2. The van der Waals surface area contributed by atoms with E-state index in [1.807, 2.05) is 13.8 Å². The lowest BCUT2D eigenvalue weighted by Crippen LogP contribution is -2.49. The predicted octanol–water partition coefficient (Wildman–Crippen LogP) is 0.897. The van der Waals surface area contributed by atoms with Gasteiger partial charge in [-0.05, 0) is 25.4 Å². The Labute approximate surface area is 138 Å². The molecule has 2 aromatic rings. The fourth-order valence-electron chi connectivity index (χ4n) is 2.63. The second kappa shape index (κ2) is 6.34. The normalized spacial score (nSPS) is 14.8. The van der Waals surface area contributed by atoms with Gasteiger partial charge in [-0.2, -0.15) is 9.64 Å². The van der Waals surface area contributed by atoms with Crippen LogP contribution >= 0.6 is 11.5 Å². The van der Waals surface area contributed by atoms with Crippen molar-refractivity contribution in [1.82, 2.24) is 24.3 Å². The molecule has 0 radical (unpaired) electrons. The molecule has 9 heteroatoms. The molecule has 3 rings (SSSR count). The lowest BCUT2D eigenvalue weighted by Gasteiger charge is -2.35. The quantitative estimate of drug-likeness (QED) is 0.830. The SMILES string of the molecule is CCn1nncc1C(=O)N1CCN(c2snc(C)c2C#N)CC1. The van der Waals surface area contributed by atoms with Crippen molar-refractivity contribution in [3.05, 3.63) is 23.1 Å². The molecule has 1 fully saturated rings. The Bertz CT molecular complexity index is 752. The summed E-state index contributed by atoms with van der Waals surface area (Å²) in [5, 5.41) is 17.9. The molecule has 1 amide bonds. The largest absolute Gasteiger partial charge is 0.358 e. The van der Waals surface area contributed by atoms with E-state index in [2.05, 4.69) is 25.7 Å². The number of aromatic nitrogens is 4. The minimum Gasteiger partial charge on any atom is -0.358 e. The van der Waals surface area contributed by atoms with Gasteiger partial charge in [0, 0.05) is 32.7 Å². The maximum Gasteiger partial charge on any atom is 0.273 e. The number of carbonyl (C=O) groups excluding carboxylic acids is 1. The lowest BCUT2D eigenvalue weighted by molar-refractivity contribution is 0.0734. The van der Waals surface area contributed by atoms with Crippen LogP contribution in [0.2, 0.25) is 0 Å². The van der Waals surface area contributed by atoms with Crippen LogP contribution in [-0.2, 0) is 6.54 Å². The zero-order chi connectivity index (χ0) is 16.4. The summed E-state index contributed by atoms with van der Waals surface area (Å²) < 4.78 is 5.86. The Morgan fingerprint density at radius 1 is 1.39 bits per heavy atom. The van der Waals surface area contributed by atoms with Crippen molar-refractivity contribution in [3.8, 4) is 6.07 Å². The number of rotatable bonds is 3. The van der Waals surface area contributed by atoms with E-state index < -0.39 is 0 Å². The highest BCUT2D eigenvalue weighted by Gasteiger charge is 2.27. The highest BCUT2D eigenvalue weighted by atomic mass is 32.1. The van der Waals surface area contributed by atoms with Crippen molar-refractivity contribution in [2.75, 3.05) is 31.1 Å². The van der Waals surface area contributed by atoms with Gasteiger partial charge in [-0.15, -0.1) is 5.10 Å². The van der Waals surface area contributed by atoms with Crippen molar-refractivity contribution in [2.24, 2.45) is 0 Å². The van der Waals surface area contributed by atoms with Gasteiger partial charge in [0.1, 0.15) is 22.3 Å². The molecule has 0 N–H and O–H groups in total. The minimum atomic E-state index is -0.0440. The van der Waals surface area contributed by atoms with E-state index in [-0.39, 0.29) is 5.91 Å². The van der Waals surface area contributed by atoms with Crippen molar-refractivity contribution in [3.63, 3.8) is 0 Å². The molecule has 1 aliphatic heterocycles. The van der Waals surface area contributed by atoms with Crippen molar-refractivity contribution >= 4 is 22.4 Å². The number of nitrogens with zero attached hydrogens (tertiary/aromatic N) is 7. The Morgan fingerprint density at radius 2 is 2.13 bits per heavy atom. The topological polar surface area (TPSA) is 90.9 Å². The number of nitriles is 1. The first kappa shape index (κ1) is 15.4. The van der Waals surface area contributed by atoms with E-state index in [0.717, 1.165) is 10.7 Å². The van der Waals surface area contributed by atoms with Gasteiger partial charge in [-0.25, -0.2) is 4.68 Å². The summed E-state index contributed by atoms with van der Waals surface area (Å²) in [4.78, 5) is 16.5. The molecule has 0 aromatic carbocycles. The molecule has 23 heavy (non-hydrogen) atoms. The maximum absolute atomic E-state index is 12.6. The molecule has 3 heterocycles. The Morgan fingerprint density at radius 3 is 2.78 bits per heavy atom. The van der Waals surface area contributed by atoms with E-state index in [4.69, 9.17) is 0 Å². The van der Waals surface area contributed by atoms with Gasteiger partial charge in [0.25, 0.3) is 5.91 Å². The highest BCUT2D eigenvalue weighted by molar-refractivity contribution is 7.10. The second-order valence-electron chi connectivity index (χ2n) is 5.27. The van der Waals surface area contributed by atoms with Gasteiger partial charge < -0.3 is 9.80 Å². The van der Waals surface area contributed by atoms with Crippen LogP contribution in [0.15, 0.2) is 6.20 Å². The molecule has 1 saturated heterocycles. The fourth-order valence-corrected chi connectivity index (χ4v) is 3.53. The fraction of sp³-hybridized carbons (Fsp3) is 0.500. The van der Waals surface area contributed by atoms with Crippen LogP contribution in [-0.4, -0.2) is 56.4 Å². The summed E-state index contributed by atoms with van der Waals surface area (Å²) in [6, 6.07) is 2.22. The van der Waals surface area contributed by atoms with E-state index in [9.17, 15) is 10.1 Å². The Hall–Kier alpha value is -2.47. The van der Waals surface area contributed by atoms with Crippen LogP contribution in [0.4, 0.5) is 5.00 Å². The monoisotopic (exact) mass is 331 g/mol. The molecular weight excluding hydrogens is 314 g/mol. The third-order valence-corrected chi connectivity index (χ3v) is 4.95. The molecule has 8 nitrogen and oxygen atoms in total. The molecule has 0 atom stereocenters. The number of carbonyl (C=O) groups is 1. The molecule has 0 spiro atoms. The van der Waals surface area contributed by atoms with Gasteiger partial charge >= 0.3 is 0 Å². The van der Waals surface area contributed by atoms with E-state index >= 15 is 0 Å². The van der Waals surface area contributed by atoms with Crippen molar-refractivity contribution < 1.29 is 4.79 Å². The first-order valence-electron chi connectivity index (χ1n) is 7.44. The first-order chi connectivity index (χ1) is 11.2. The van der Waals surface area contributed by atoms with Crippen molar-refractivity contribution in [1.29, 1.82) is 5.26 Å². The number of amides is 1. The molecule has 0 unspecified atom stereocenters. The summed E-state index contributed by atoms with van der Waals surface area (Å²) >= 11 is 1.35. The third-order valence-electron chi connectivity index (χ3n) is 3.95.